The third kappa shape index (κ3) is 9.05. The molecular weight excluding hydrogens is 557 g/mol. The average Bonchev–Trinajstić information content (AvgIpc) is 2.91. The summed E-state index contributed by atoms with van der Waals surface area (Å²) in [4.78, 5) is 14.1. The van der Waals surface area contributed by atoms with Gasteiger partial charge in [0, 0.05) is 30.1 Å². The number of nitrogens with zero attached hydrogens (tertiary/aromatic N) is 2. The number of nitrogens with one attached hydrogen (secondary N) is 2. The summed E-state index contributed by atoms with van der Waals surface area (Å²) in [5.74, 6) is 0. The molecule has 2 atom stereocenters. The molecule has 224 valence electrons. The van der Waals surface area contributed by atoms with Gasteiger partial charge >= 0.3 is 12.2 Å². The highest BCUT2D eigenvalue weighted by Crippen LogP contribution is 2.35. The number of nitriles is 1. The zero-order chi connectivity index (χ0) is 31.0. The number of hydrogen-bond acceptors (Lipinski definition) is 5. The molecule has 41 heavy (non-hydrogen) atoms. The van der Waals surface area contributed by atoms with Gasteiger partial charge in [0.25, 0.3) is 0 Å². The molecule has 2 heterocycles. The van der Waals surface area contributed by atoms with Crippen molar-refractivity contribution in [1.82, 2.24) is 14.9 Å². The van der Waals surface area contributed by atoms with Gasteiger partial charge in [0.05, 0.1) is 28.7 Å². The lowest BCUT2D eigenvalue weighted by Gasteiger charge is -2.36. The quantitative estimate of drug-likeness (QED) is 0.340. The molecule has 1 saturated heterocycles. The lowest BCUT2D eigenvalue weighted by Crippen LogP contribution is -2.45. The van der Waals surface area contributed by atoms with Gasteiger partial charge in [-0.15, -0.1) is 0 Å². The molecule has 1 fully saturated rings. The van der Waals surface area contributed by atoms with E-state index < -0.39 is 27.8 Å². The minimum Gasteiger partial charge on any atom is -0.378 e. The average molecular weight is 595 g/mol. The maximum atomic E-state index is 13.2. The van der Waals surface area contributed by atoms with Gasteiger partial charge in [0.2, 0.25) is 10.0 Å². The molecule has 0 aromatic heterocycles. The van der Waals surface area contributed by atoms with Crippen molar-refractivity contribution in [3.05, 3.63) is 77.2 Å². The number of ether oxygens (including phenoxy) is 1. The number of carbonyl (C=O) groups is 1. The molecule has 2 amide bonds. The Balaban J connectivity index is 0.000000564. The largest absolute Gasteiger partial charge is 0.415 e. The second-order valence-electron chi connectivity index (χ2n) is 9.78. The van der Waals surface area contributed by atoms with Gasteiger partial charge in [0.1, 0.15) is 0 Å². The first-order chi connectivity index (χ1) is 19.1. The van der Waals surface area contributed by atoms with E-state index in [-0.39, 0.29) is 29.1 Å². The summed E-state index contributed by atoms with van der Waals surface area (Å²) in [6.07, 6.45) is 1.64. The van der Waals surface area contributed by atoms with Gasteiger partial charge in [-0.05, 0) is 76.6 Å². The Morgan fingerprint density at radius 2 is 1.98 bits per heavy atom. The van der Waals surface area contributed by atoms with Gasteiger partial charge < -0.3 is 10.1 Å². The van der Waals surface area contributed by atoms with Crippen molar-refractivity contribution in [2.24, 2.45) is 0 Å². The fourth-order valence-electron chi connectivity index (χ4n) is 4.44. The zero-order valence-electron chi connectivity index (χ0n) is 23.8. The summed E-state index contributed by atoms with van der Waals surface area (Å²) in [5, 5.41) is 12.2. The molecule has 2 aliphatic heterocycles. The number of halogens is 3. The molecule has 0 aliphatic carbocycles. The highest BCUT2D eigenvalue weighted by atomic mass is 32.2. The van der Waals surface area contributed by atoms with Crippen LogP contribution in [0.4, 0.5) is 18.0 Å². The van der Waals surface area contributed by atoms with Gasteiger partial charge in [-0.1, -0.05) is 31.4 Å². The van der Waals surface area contributed by atoms with E-state index in [0.29, 0.717) is 30.0 Å². The Morgan fingerprint density at radius 1 is 1.29 bits per heavy atom. The molecule has 2 aliphatic rings. The maximum absolute atomic E-state index is 13.2. The van der Waals surface area contributed by atoms with Crippen LogP contribution in [-0.4, -0.2) is 44.8 Å². The first-order valence-corrected chi connectivity index (χ1v) is 14.6. The smallest absolute Gasteiger partial charge is 0.378 e. The van der Waals surface area contributed by atoms with E-state index in [1.165, 1.54) is 24.0 Å². The molecular formula is C29H37F3N4O4S. The molecule has 1 unspecified atom stereocenters. The summed E-state index contributed by atoms with van der Waals surface area (Å²) >= 11 is 0. The van der Waals surface area contributed by atoms with Crippen LogP contribution in [-0.2, 0) is 14.8 Å². The molecule has 0 radical (unpaired) electrons. The molecule has 1 aromatic rings. The number of urea groups is 1. The zero-order valence-corrected chi connectivity index (χ0v) is 24.6. The van der Waals surface area contributed by atoms with Crippen molar-refractivity contribution in [2.75, 3.05) is 13.2 Å². The summed E-state index contributed by atoms with van der Waals surface area (Å²) in [5.41, 5.74) is 1.89. The van der Waals surface area contributed by atoms with Crippen molar-refractivity contribution in [3.63, 3.8) is 0 Å². The minimum atomic E-state index is -4.27. The molecule has 1 aromatic carbocycles. The second kappa shape index (κ2) is 14.5. The van der Waals surface area contributed by atoms with E-state index in [0.717, 1.165) is 30.9 Å². The van der Waals surface area contributed by atoms with Crippen molar-refractivity contribution >= 4 is 16.1 Å². The Kier molecular flexibility index (Phi) is 11.9. The summed E-state index contributed by atoms with van der Waals surface area (Å²) < 4.78 is 69.2. The van der Waals surface area contributed by atoms with Gasteiger partial charge in [-0.25, -0.2) is 17.9 Å². The van der Waals surface area contributed by atoms with Crippen molar-refractivity contribution in [1.29, 1.82) is 5.26 Å². The van der Waals surface area contributed by atoms with Crippen LogP contribution < -0.4 is 10.0 Å². The molecule has 0 spiro atoms. The lowest BCUT2D eigenvalue weighted by molar-refractivity contribution is -0.0878. The van der Waals surface area contributed by atoms with Crippen LogP contribution in [0.15, 0.2) is 70.9 Å². The van der Waals surface area contributed by atoms with Crippen LogP contribution >= 0.6 is 0 Å². The minimum absolute atomic E-state index is 0.0117. The Hall–Kier alpha value is -3.40. The van der Waals surface area contributed by atoms with Crippen LogP contribution in [0.25, 0.3) is 0 Å². The standard InChI is InChI=1S/C23H30N4O4S.C6H7F3/c1-15(2)27-17(4)16(3)22(26-23(27)28)20-9-8-18(14-24)13-21(20)32(29,30)25-11-10-19-7-5-6-12-31-19;1-3-4-5(2)6(7,8)9/h8-9,13,19,22,25H,1,5-7,10-12H2,2-4H3,(H,26,28);3-4H,2H2,1H3/b;4-3-/t19?,22-;/m0./s1. The fraction of sp³-hybridized carbons (Fsp3) is 0.448. The SMILES string of the molecule is C=C(/C=C\C)C(F)(F)F.C=C(C)N1C(=O)N[C@H](c2ccc(C#N)cc2S(=O)(=O)NCCC2CCCCO2)C(C)=C1C. The molecule has 0 bridgehead atoms. The van der Waals surface area contributed by atoms with Crippen molar-refractivity contribution in [3.8, 4) is 6.07 Å². The van der Waals surface area contributed by atoms with Gasteiger partial charge in [-0.3, -0.25) is 4.90 Å². The van der Waals surface area contributed by atoms with E-state index in [1.807, 2.05) is 13.0 Å². The predicted molar refractivity (Wildman–Crippen MR) is 151 cm³/mol. The Morgan fingerprint density at radius 3 is 2.49 bits per heavy atom. The van der Waals surface area contributed by atoms with E-state index in [9.17, 15) is 31.6 Å². The van der Waals surface area contributed by atoms with E-state index in [1.54, 1.807) is 26.0 Å². The van der Waals surface area contributed by atoms with Gasteiger partial charge in [0.15, 0.2) is 0 Å². The van der Waals surface area contributed by atoms with Crippen molar-refractivity contribution < 1.29 is 31.1 Å². The Labute approximate surface area is 240 Å². The fourth-order valence-corrected chi connectivity index (χ4v) is 5.76. The summed E-state index contributed by atoms with van der Waals surface area (Å²) in [6, 6.07) is 5.49. The summed E-state index contributed by atoms with van der Waals surface area (Å²) in [6.45, 7) is 14.5. The number of carbonyl (C=O) groups excluding carboxylic acids is 1. The number of amides is 2. The lowest BCUT2D eigenvalue weighted by atomic mass is 9.95. The van der Waals surface area contributed by atoms with Crippen LogP contribution in [0, 0.1) is 11.3 Å². The van der Waals surface area contributed by atoms with Crippen LogP contribution in [0.5, 0.6) is 0 Å². The second-order valence-corrected chi connectivity index (χ2v) is 11.5. The van der Waals surface area contributed by atoms with Crippen molar-refractivity contribution in [2.45, 2.75) is 76.6 Å². The third-order valence-electron chi connectivity index (χ3n) is 6.70. The number of sulfonamides is 1. The van der Waals surface area contributed by atoms with Crippen LogP contribution in [0.3, 0.4) is 0 Å². The normalized spacial score (nSPS) is 19.8. The van der Waals surface area contributed by atoms with Gasteiger partial charge in [-0.2, -0.15) is 18.4 Å². The molecule has 2 N–H and O–H groups in total. The van der Waals surface area contributed by atoms with E-state index in [2.05, 4.69) is 23.2 Å². The molecule has 0 saturated carbocycles. The number of rotatable bonds is 8. The first kappa shape index (κ1) is 33.8. The number of hydrogen-bond donors (Lipinski definition) is 2. The Bertz CT molecular complexity index is 1350. The topological polar surface area (TPSA) is 112 Å². The number of allylic oxidation sites excluding steroid dienone is 5. The van der Waals surface area contributed by atoms with E-state index in [4.69, 9.17) is 4.74 Å². The first-order valence-electron chi connectivity index (χ1n) is 13.1. The van der Waals surface area contributed by atoms with E-state index >= 15 is 0 Å². The number of alkyl halides is 3. The molecule has 12 heteroatoms. The number of benzene rings is 1. The molecule has 8 nitrogen and oxygen atoms in total. The molecule has 3 rings (SSSR count). The van der Waals surface area contributed by atoms with Crippen LogP contribution in [0.2, 0.25) is 0 Å². The highest BCUT2D eigenvalue weighted by molar-refractivity contribution is 7.89. The highest BCUT2D eigenvalue weighted by Gasteiger charge is 2.34. The summed E-state index contributed by atoms with van der Waals surface area (Å²) in [7, 11) is -3.92. The monoisotopic (exact) mass is 594 g/mol. The van der Waals surface area contributed by atoms with Crippen LogP contribution in [0.1, 0.15) is 70.5 Å². The maximum Gasteiger partial charge on any atom is 0.415 e. The predicted octanol–water partition coefficient (Wildman–Crippen LogP) is 6.37. The third-order valence-corrected chi connectivity index (χ3v) is 8.22.